The number of phosphoric acid groups is 1. The minimum Gasteiger partial charge on any atom is -0.409 e. The van der Waals surface area contributed by atoms with Crippen molar-refractivity contribution < 1.29 is 18.1 Å². The number of halogens is 2. The molecule has 0 N–H and O–H groups in total. The maximum atomic E-state index is 13.8. The minimum absolute atomic E-state index is 0.104. The average molecular weight is 469 g/mol. The standard InChI is InChI=1S/C22H39Cl2O4P/c1-14(2)18-9-7-16(5)11-20(18)27-29(25,26-13-22(23)24)28-21-12-17(6)8-10-19(21)15(3)4/h13-21H,7-12H2,1-6H3. The van der Waals surface area contributed by atoms with Gasteiger partial charge in [-0.25, -0.2) is 4.57 Å². The molecule has 0 amide bonds. The van der Waals surface area contributed by atoms with Gasteiger partial charge in [0, 0.05) is 0 Å². The van der Waals surface area contributed by atoms with Gasteiger partial charge in [0.2, 0.25) is 0 Å². The van der Waals surface area contributed by atoms with E-state index in [4.69, 9.17) is 36.8 Å². The van der Waals surface area contributed by atoms with Gasteiger partial charge in [-0.1, -0.05) is 77.6 Å². The highest BCUT2D eigenvalue weighted by atomic mass is 35.5. The predicted molar refractivity (Wildman–Crippen MR) is 121 cm³/mol. The fourth-order valence-electron chi connectivity index (χ4n) is 4.98. The van der Waals surface area contributed by atoms with Crippen LogP contribution in [0.3, 0.4) is 0 Å². The molecule has 2 rings (SSSR count). The lowest BCUT2D eigenvalue weighted by atomic mass is 9.75. The largest absolute Gasteiger partial charge is 0.530 e. The highest BCUT2D eigenvalue weighted by molar-refractivity contribution is 7.48. The molecule has 7 heteroatoms. The summed E-state index contributed by atoms with van der Waals surface area (Å²) in [7, 11) is -3.86. The van der Waals surface area contributed by atoms with Crippen molar-refractivity contribution in [3.8, 4) is 0 Å². The Morgan fingerprint density at radius 3 is 1.62 bits per heavy atom. The third-order valence-electron chi connectivity index (χ3n) is 6.72. The summed E-state index contributed by atoms with van der Waals surface area (Å²) in [6.07, 6.45) is 6.91. The molecule has 6 atom stereocenters. The van der Waals surface area contributed by atoms with Crippen LogP contribution in [-0.4, -0.2) is 12.2 Å². The van der Waals surface area contributed by atoms with Gasteiger partial charge in [0.05, 0.1) is 12.2 Å². The van der Waals surface area contributed by atoms with Crippen molar-refractivity contribution in [3.05, 3.63) is 10.8 Å². The molecular weight excluding hydrogens is 430 g/mol. The fraction of sp³-hybridized carbons (Fsp3) is 0.909. The maximum absolute atomic E-state index is 13.8. The summed E-state index contributed by atoms with van der Waals surface area (Å²) in [5.41, 5.74) is 0. The van der Waals surface area contributed by atoms with E-state index in [0.717, 1.165) is 44.8 Å². The number of hydrogen-bond donors (Lipinski definition) is 0. The molecule has 4 nitrogen and oxygen atoms in total. The number of hydrogen-bond acceptors (Lipinski definition) is 4. The van der Waals surface area contributed by atoms with Crippen LogP contribution in [0.15, 0.2) is 10.8 Å². The summed E-state index contributed by atoms with van der Waals surface area (Å²) in [5, 5.41) is 0. The van der Waals surface area contributed by atoms with Crippen molar-refractivity contribution in [3.63, 3.8) is 0 Å². The Morgan fingerprint density at radius 2 is 1.28 bits per heavy atom. The Morgan fingerprint density at radius 1 is 0.862 bits per heavy atom. The van der Waals surface area contributed by atoms with E-state index in [9.17, 15) is 4.57 Å². The zero-order valence-corrected chi connectivity index (χ0v) is 21.2. The quantitative estimate of drug-likeness (QED) is 0.265. The van der Waals surface area contributed by atoms with Crippen LogP contribution < -0.4 is 0 Å². The van der Waals surface area contributed by atoms with Gasteiger partial charge in [-0.05, 0) is 61.2 Å². The molecule has 2 aliphatic rings. The first-order valence-corrected chi connectivity index (χ1v) is 13.4. The van der Waals surface area contributed by atoms with Crippen LogP contribution in [0.25, 0.3) is 0 Å². The average Bonchev–Trinajstić information content (AvgIpc) is 2.59. The van der Waals surface area contributed by atoms with Gasteiger partial charge in [-0.2, -0.15) is 0 Å². The van der Waals surface area contributed by atoms with Crippen LogP contribution in [-0.2, 0) is 18.1 Å². The predicted octanol–water partition coefficient (Wildman–Crippen LogP) is 8.34. The summed E-state index contributed by atoms with van der Waals surface area (Å²) >= 11 is 11.5. The van der Waals surface area contributed by atoms with E-state index in [0.29, 0.717) is 35.5 Å². The highest BCUT2D eigenvalue weighted by Gasteiger charge is 2.43. The SMILES string of the molecule is CC1CCC(C(C)C)C(OP(=O)(OC=C(Cl)Cl)OC2CC(C)CCC2C(C)C)C1. The van der Waals surface area contributed by atoms with Gasteiger partial charge in [-0.3, -0.25) is 9.05 Å². The first kappa shape index (κ1) is 25.5. The molecule has 0 aliphatic heterocycles. The van der Waals surface area contributed by atoms with E-state index in [-0.39, 0.29) is 16.7 Å². The zero-order chi connectivity index (χ0) is 21.8. The van der Waals surface area contributed by atoms with Crippen LogP contribution in [0.1, 0.15) is 80.1 Å². The number of phosphoric ester groups is 1. The van der Waals surface area contributed by atoms with Crippen molar-refractivity contribution in [1.82, 2.24) is 0 Å². The molecule has 0 aromatic heterocycles. The molecule has 2 fully saturated rings. The molecule has 0 aromatic rings. The zero-order valence-electron chi connectivity index (χ0n) is 18.8. The second kappa shape index (κ2) is 11.2. The van der Waals surface area contributed by atoms with Crippen LogP contribution >= 0.6 is 31.0 Å². The Kier molecular flexibility index (Phi) is 9.88. The molecule has 0 saturated heterocycles. The number of rotatable bonds is 8. The molecule has 0 bridgehead atoms. The Bertz CT molecular complexity index is 553. The monoisotopic (exact) mass is 468 g/mol. The van der Waals surface area contributed by atoms with Crippen LogP contribution in [0, 0.1) is 35.5 Å². The Labute approximate surface area is 187 Å². The topological polar surface area (TPSA) is 44.8 Å². The van der Waals surface area contributed by atoms with E-state index < -0.39 is 7.82 Å². The highest BCUT2D eigenvalue weighted by Crippen LogP contribution is 2.57. The third-order valence-corrected chi connectivity index (χ3v) is 8.32. The van der Waals surface area contributed by atoms with Gasteiger partial charge in [0.25, 0.3) is 0 Å². The molecule has 2 saturated carbocycles. The van der Waals surface area contributed by atoms with Gasteiger partial charge < -0.3 is 4.52 Å². The molecule has 170 valence electrons. The maximum Gasteiger partial charge on any atom is 0.530 e. The van der Waals surface area contributed by atoms with Crippen molar-refractivity contribution in [2.24, 2.45) is 35.5 Å². The molecule has 0 spiro atoms. The third kappa shape index (κ3) is 7.72. The van der Waals surface area contributed by atoms with E-state index >= 15 is 0 Å². The second-order valence-corrected chi connectivity index (χ2v) is 12.4. The van der Waals surface area contributed by atoms with Crippen molar-refractivity contribution in [2.45, 2.75) is 92.3 Å². The molecule has 0 heterocycles. The minimum atomic E-state index is -3.86. The van der Waals surface area contributed by atoms with Crippen molar-refractivity contribution >= 4 is 31.0 Å². The Balaban J connectivity index is 2.24. The fourth-order valence-corrected chi connectivity index (χ4v) is 6.73. The summed E-state index contributed by atoms with van der Waals surface area (Å²) in [4.78, 5) is 0. The summed E-state index contributed by atoms with van der Waals surface area (Å²) in [6.45, 7) is 13.2. The molecular formula is C22H39Cl2O4P. The normalized spacial score (nSPS) is 35.4. The van der Waals surface area contributed by atoms with E-state index in [1.54, 1.807) is 0 Å². The van der Waals surface area contributed by atoms with Gasteiger partial charge in [-0.15, -0.1) is 0 Å². The van der Waals surface area contributed by atoms with Gasteiger partial charge in [0.1, 0.15) is 10.8 Å². The smallest absolute Gasteiger partial charge is 0.409 e. The van der Waals surface area contributed by atoms with E-state index in [2.05, 4.69) is 41.5 Å². The molecule has 29 heavy (non-hydrogen) atoms. The molecule has 0 radical (unpaired) electrons. The van der Waals surface area contributed by atoms with Crippen LogP contribution in [0.4, 0.5) is 0 Å². The molecule has 6 unspecified atom stereocenters. The lowest BCUT2D eigenvalue weighted by Gasteiger charge is -2.40. The summed E-state index contributed by atoms with van der Waals surface area (Å²) in [5.74, 6) is 2.57. The summed E-state index contributed by atoms with van der Waals surface area (Å²) < 4.78 is 31.6. The van der Waals surface area contributed by atoms with Crippen LogP contribution in [0.2, 0.25) is 0 Å². The first-order valence-electron chi connectivity index (χ1n) is 11.2. The van der Waals surface area contributed by atoms with E-state index in [1.807, 2.05) is 0 Å². The summed E-state index contributed by atoms with van der Waals surface area (Å²) in [6, 6.07) is 0. The molecule has 0 aromatic carbocycles. The lowest BCUT2D eigenvalue weighted by Crippen LogP contribution is -2.36. The van der Waals surface area contributed by atoms with Crippen LogP contribution in [0.5, 0.6) is 0 Å². The second-order valence-electron chi connectivity index (χ2n) is 9.90. The van der Waals surface area contributed by atoms with Gasteiger partial charge >= 0.3 is 7.82 Å². The van der Waals surface area contributed by atoms with Crippen molar-refractivity contribution in [1.29, 1.82) is 0 Å². The van der Waals surface area contributed by atoms with Crippen molar-refractivity contribution in [2.75, 3.05) is 0 Å². The molecule has 2 aliphatic carbocycles. The van der Waals surface area contributed by atoms with E-state index in [1.165, 1.54) is 0 Å². The lowest BCUT2D eigenvalue weighted by molar-refractivity contribution is -0.0238. The Hall–Kier alpha value is 0.270. The van der Waals surface area contributed by atoms with Gasteiger partial charge in [0.15, 0.2) is 0 Å². The first-order chi connectivity index (χ1) is 13.5.